The predicted molar refractivity (Wildman–Crippen MR) is 66.8 cm³/mol. The maximum absolute atomic E-state index is 11.3. The summed E-state index contributed by atoms with van der Waals surface area (Å²) >= 11 is 0. The Balaban J connectivity index is 2.19. The number of oxime groups is 1. The minimum absolute atomic E-state index is 0.00700. The van der Waals surface area contributed by atoms with Crippen LogP contribution in [-0.2, 0) is 10.8 Å². The number of pyridine rings is 1. The van der Waals surface area contributed by atoms with Crippen LogP contribution in [0, 0.1) is 0 Å². The summed E-state index contributed by atoms with van der Waals surface area (Å²) < 4.78 is 11.3. The van der Waals surface area contributed by atoms with Gasteiger partial charge in [-0.25, -0.2) is 4.98 Å². The molecule has 0 saturated carbocycles. The molecule has 1 aromatic heterocycles. The molecule has 2 rings (SSSR count). The number of hydrogen-bond donors (Lipinski definition) is 2. The molecule has 1 saturated heterocycles. The fourth-order valence-corrected chi connectivity index (χ4v) is 2.71. The minimum atomic E-state index is -0.708. The van der Waals surface area contributed by atoms with E-state index < -0.39 is 10.8 Å². The lowest BCUT2D eigenvalue weighted by Crippen LogP contribution is -2.38. The summed E-state index contributed by atoms with van der Waals surface area (Å²) in [6, 6.07) is 5.35. The molecule has 1 aromatic rings. The SMILES string of the molecule is NC(=NO)c1cccc(N2CCS(=O)CC2)n1. The van der Waals surface area contributed by atoms with Gasteiger partial charge in [0.2, 0.25) is 0 Å². The maximum Gasteiger partial charge on any atom is 0.188 e. The molecule has 1 fully saturated rings. The molecule has 0 unspecified atom stereocenters. The van der Waals surface area contributed by atoms with Gasteiger partial charge in [-0.05, 0) is 12.1 Å². The first-order valence-corrected chi connectivity index (χ1v) is 6.74. The molecule has 17 heavy (non-hydrogen) atoms. The van der Waals surface area contributed by atoms with Gasteiger partial charge in [-0.3, -0.25) is 4.21 Å². The second kappa shape index (κ2) is 5.13. The normalized spacial score (nSPS) is 18.4. The third-order valence-corrected chi connectivity index (χ3v) is 3.88. The molecule has 0 spiro atoms. The number of rotatable bonds is 2. The van der Waals surface area contributed by atoms with Crippen LogP contribution >= 0.6 is 0 Å². The Bertz CT molecular complexity index is 453. The van der Waals surface area contributed by atoms with Crippen molar-refractivity contribution in [2.24, 2.45) is 10.9 Å². The summed E-state index contributed by atoms with van der Waals surface area (Å²) in [4.78, 5) is 6.35. The fourth-order valence-electron chi connectivity index (χ4n) is 1.66. The minimum Gasteiger partial charge on any atom is -0.409 e. The molecule has 3 N–H and O–H groups in total. The van der Waals surface area contributed by atoms with Gasteiger partial charge in [0.15, 0.2) is 5.84 Å². The summed E-state index contributed by atoms with van der Waals surface area (Å²) in [5.41, 5.74) is 5.93. The van der Waals surface area contributed by atoms with E-state index in [-0.39, 0.29) is 5.84 Å². The molecule has 0 aliphatic carbocycles. The first kappa shape index (κ1) is 11.8. The quantitative estimate of drug-likeness (QED) is 0.328. The van der Waals surface area contributed by atoms with Crippen molar-refractivity contribution in [2.45, 2.75) is 0 Å². The smallest absolute Gasteiger partial charge is 0.188 e. The van der Waals surface area contributed by atoms with Gasteiger partial charge in [0, 0.05) is 35.4 Å². The molecule has 6 nitrogen and oxygen atoms in total. The third kappa shape index (κ3) is 2.73. The second-order valence-electron chi connectivity index (χ2n) is 3.70. The van der Waals surface area contributed by atoms with Crippen molar-refractivity contribution < 1.29 is 9.42 Å². The lowest BCUT2D eigenvalue weighted by Gasteiger charge is -2.27. The van der Waals surface area contributed by atoms with Crippen molar-refractivity contribution in [3.8, 4) is 0 Å². The van der Waals surface area contributed by atoms with Gasteiger partial charge in [0.05, 0.1) is 0 Å². The zero-order chi connectivity index (χ0) is 12.3. The third-order valence-electron chi connectivity index (χ3n) is 2.61. The molecule has 1 aliphatic rings. The van der Waals surface area contributed by atoms with Crippen LogP contribution in [0.3, 0.4) is 0 Å². The molecule has 1 aliphatic heterocycles. The molecule has 92 valence electrons. The van der Waals surface area contributed by atoms with E-state index in [4.69, 9.17) is 10.9 Å². The van der Waals surface area contributed by atoms with Crippen molar-refractivity contribution in [3.05, 3.63) is 23.9 Å². The second-order valence-corrected chi connectivity index (χ2v) is 5.40. The summed E-state index contributed by atoms with van der Waals surface area (Å²) in [5, 5.41) is 11.5. The van der Waals surface area contributed by atoms with E-state index in [2.05, 4.69) is 15.0 Å². The highest BCUT2D eigenvalue weighted by Crippen LogP contribution is 2.13. The van der Waals surface area contributed by atoms with E-state index in [1.165, 1.54) is 0 Å². The van der Waals surface area contributed by atoms with Crippen LogP contribution in [0.2, 0.25) is 0 Å². The highest BCUT2D eigenvalue weighted by Gasteiger charge is 2.16. The van der Waals surface area contributed by atoms with Crippen LogP contribution in [0.5, 0.6) is 0 Å². The largest absolute Gasteiger partial charge is 0.409 e. The van der Waals surface area contributed by atoms with Crippen molar-refractivity contribution in [1.29, 1.82) is 0 Å². The molecule has 0 aromatic carbocycles. The average Bonchev–Trinajstić information content (AvgIpc) is 2.39. The van der Waals surface area contributed by atoms with E-state index >= 15 is 0 Å². The Hall–Kier alpha value is -1.63. The number of anilines is 1. The number of aromatic nitrogens is 1. The van der Waals surface area contributed by atoms with Gasteiger partial charge in [-0.15, -0.1) is 0 Å². The molecule has 0 amide bonds. The van der Waals surface area contributed by atoms with Crippen molar-refractivity contribution in [3.63, 3.8) is 0 Å². The van der Waals surface area contributed by atoms with Crippen LogP contribution in [0.4, 0.5) is 5.82 Å². The lowest BCUT2D eigenvalue weighted by atomic mass is 10.3. The molecule has 0 radical (unpaired) electrons. The fraction of sp³-hybridized carbons (Fsp3) is 0.400. The Kier molecular flexibility index (Phi) is 3.58. The lowest BCUT2D eigenvalue weighted by molar-refractivity contribution is 0.318. The Morgan fingerprint density at radius 1 is 1.47 bits per heavy atom. The zero-order valence-corrected chi connectivity index (χ0v) is 10.1. The first-order valence-electron chi connectivity index (χ1n) is 5.25. The number of hydrogen-bond acceptors (Lipinski definition) is 5. The topological polar surface area (TPSA) is 91.8 Å². The summed E-state index contributed by atoms with van der Waals surface area (Å²) in [6.45, 7) is 1.44. The van der Waals surface area contributed by atoms with Gasteiger partial charge in [0.1, 0.15) is 11.5 Å². The molecule has 0 bridgehead atoms. The highest BCUT2D eigenvalue weighted by molar-refractivity contribution is 7.85. The van der Waals surface area contributed by atoms with Crippen LogP contribution < -0.4 is 10.6 Å². The zero-order valence-electron chi connectivity index (χ0n) is 9.24. The Labute approximate surface area is 102 Å². The van der Waals surface area contributed by atoms with Crippen molar-refractivity contribution in [2.75, 3.05) is 29.5 Å². The van der Waals surface area contributed by atoms with E-state index in [1.54, 1.807) is 12.1 Å². The number of amidine groups is 1. The average molecular weight is 254 g/mol. The van der Waals surface area contributed by atoms with Crippen LogP contribution in [-0.4, -0.2) is 44.8 Å². The maximum atomic E-state index is 11.3. The number of nitrogens with two attached hydrogens (primary N) is 1. The van der Waals surface area contributed by atoms with E-state index in [9.17, 15) is 4.21 Å². The van der Waals surface area contributed by atoms with E-state index in [1.807, 2.05) is 6.07 Å². The van der Waals surface area contributed by atoms with E-state index in [0.29, 0.717) is 17.2 Å². The molecule has 0 atom stereocenters. The highest BCUT2D eigenvalue weighted by atomic mass is 32.2. The van der Waals surface area contributed by atoms with Gasteiger partial charge in [-0.2, -0.15) is 0 Å². The van der Waals surface area contributed by atoms with Gasteiger partial charge < -0.3 is 15.8 Å². The monoisotopic (exact) mass is 254 g/mol. The van der Waals surface area contributed by atoms with Crippen LogP contribution in [0.15, 0.2) is 23.4 Å². The molecular formula is C10H14N4O2S. The Morgan fingerprint density at radius 2 is 2.18 bits per heavy atom. The van der Waals surface area contributed by atoms with Crippen LogP contribution in [0.25, 0.3) is 0 Å². The predicted octanol–water partition coefficient (Wildman–Crippen LogP) is -0.255. The summed E-state index contributed by atoms with van der Waals surface area (Å²) in [6.07, 6.45) is 0. The number of nitrogens with zero attached hydrogens (tertiary/aromatic N) is 3. The van der Waals surface area contributed by atoms with Gasteiger partial charge in [-0.1, -0.05) is 11.2 Å². The van der Waals surface area contributed by atoms with Crippen molar-refractivity contribution in [1.82, 2.24) is 4.98 Å². The van der Waals surface area contributed by atoms with Crippen molar-refractivity contribution >= 4 is 22.5 Å². The van der Waals surface area contributed by atoms with E-state index in [0.717, 1.165) is 18.9 Å². The standard InChI is InChI=1S/C10H14N4O2S/c11-10(13-15)8-2-1-3-9(12-8)14-4-6-17(16)7-5-14/h1-3,15H,4-7H2,(H2,11,13). The first-order chi connectivity index (χ1) is 8.20. The molecule has 2 heterocycles. The molecule has 7 heteroatoms. The van der Waals surface area contributed by atoms with Crippen LogP contribution in [0.1, 0.15) is 5.69 Å². The van der Waals surface area contributed by atoms with Gasteiger partial charge in [0.25, 0.3) is 0 Å². The molecular weight excluding hydrogens is 240 g/mol. The summed E-state index contributed by atoms with van der Waals surface area (Å²) in [5.74, 6) is 2.09. The Morgan fingerprint density at radius 3 is 2.82 bits per heavy atom. The van der Waals surface area contributed by atoms with Gasteiger partial charge >= 0.3 is 0 Å². The summed E-state index contributed by atoms with van der Waals surface area (Å²) in [7, 11) is -0.708.